The molecule has 2 rings (SSSR count). The van der Waals surface area contributed by atoms with Gasteiger partial charge in [0.15, 0.2) is 0 Å². The zero-order valence-electron chi connectivity index (χ0n) is 15.1. The van der Waals surface area contributed by atoms with Crippen molar-refractivity contribution in [3.63, 3.8) is 0 Å². The van der Waals surface area contributed by atoms with Crippen LogP contribution in [-0.4, -0.2) is 29.8 Å². The highest BCUT2D eigenvalue weighted by Gasteiger charge is 2.26. The van der Waals surface area contributed by atoms with Crippen LogP contribution in [0.25, 0.3) is 0 Å². The van der Waals surface area contributed by atoms with Gasteiger partial charge in [0.1, 0.15) is 6.04 Å². The van der Waals surface area contributed by atoms with Gasteiger partial charge in [-0.15, -0.1) is 0 Å². The Hall–Kier alpha value is -2.04. The second-order valence-corrected chi connectivity index (χ2v) is 6.99. The first-order valence-electron chi connectivity index (χ1n) is 8.33. The minimum Gasteiger partial charge on any atom is -0.357 e. The predicted octanol–water partition coefficient (Wildman–Crippen LogP) is 4.01. The maximum absolute atomic E-state index is 13.0. The number of carbonyl (C=O) groups is 2. The van der Waals surface area contributed by atoms with E-state index in [0.717, 1.165) is 11.1 Å². The Morgan fingerprint density at radius 1 is 1.12 bits per heavy atom. The molecule has 138 valence electrons. The summed E-state index contributed by atoms with van der Waals surface area (Å²) in [6, 6.07) is 12.3. The molecule has 2 aromatic rings. The van der Waals surface area contributed by atoms with Gasteiger partial charge in [0.25, 0.3) is 0 Å². The first-order valence-corrected chi connectivity index (χ1v) is 9.08. The molecular formula is C20H22Cl2N2O2. The van der Waals surface area contributed by atoms with Gasteiger partial charge in [-0.2, -0.15) is 0 Å². The summed E-state index contributed by atoms with van der Waals surface area (Å²) in [6.07, 6.45) is 0.100. The van der Waals surface area contributed by atoms with Crippen LogP contribution in [0.5, 0.6) is 0 Å². The number of hydrogen-bond acceptors (Lipinski definition) is 2. The maximum Gasteiger partial charge on any atom is 0.242 e. The van der Waals surface area contributed by atoms with Gasteiger partial charge >= 0.3 is 0 Å². The summed E-state index contributed by atoms with van der Waals surface area (Å²) in [4.78, 5) is 26.7. The highest BCUT2D eigenvalue weighted by atomic mass is 35.5. The van der Waals surface area contributed by atoms with Crippen molar-refractivity contribution in [3.8, 4) is 0 Å². The number of nitrogens with zero attached hydrogens (tertiary/aromatic N) is 1. The van der Waals surface area contributed by atoms with Gasteiger partial charge in [0.2, 0.25) is 11.8 Å². The predicted molar refractivity (Wildman–Crippen MR) is 105 cm³/mol. The fraction of sp³-hybridized carbons (Fsp3) is 0.300. The van der Waals surface area contributed by atoms with Crippen LogP contribution < -0.4 is 5.32 Å². The average molecular weight is 393 g/mol. The Morgan fingerprint density at radius 2 is 1.81 bits per heavy atom. The standard InChI is InChI=1S/C20H22Cl2N2O2/c1-13-6-4-5-7-16(13)12-24(14(2)20(26)23-3)19(25)10-15-8-9-17(21)11-18(15)22/h4-9,11,14H,10,12H2,1-3H3,(H,23,26)/t14-/m1/s1. The van der Waals surface area contributed by atoms with Crippen LogP contribution in [0.2, 0.25) is 10.0 Å². The molecule has 0 unspecified atom stereocenters. The molecule has 4 nitrogen and oxygen atoms in total. The molecule has 0 aliphatic heterocycles. The zero-order chi connectivity index (χ0) is 19.3. The SMILES string of the molecule is CNC(=O)[C@@H](C)N(Cc1ccccc1C)C(=O)Cc1ccc(Cl)cc1Cl. The van der Waals surface area contributed by atoms with Crippen LogP contribution in [0.15, 0.2) is 42.5 Å². The van der Waals surface area contributed by atoms with E-state index in [2.05, 4.69) is 5.32 Å². The fourth-order valence-electron chi connectivity index (χ4n) is 2.69. The van der Waals surface area contributed by atoms with Gasteiger partial charge in [-0.3, -0.25) is 9.59 Å². The summed E-state index contributed by atoms with van der Waals surface area (Å²) in [5, 5.41) is 3.56. The largest absolute Gasteiger partial charge is 0.357 e. The lowest BCUT2D eigenvalue weighted by molar-refractivity contribution is -0.139. The van der Waals surface area contributed by atoms with Crippen molar-refractivity contribution < 1.29 is 9.59 Å². The van der Waals surface area contributed by atoms with Crippen molar-refractivity contribution >= 4 is 35.0 Å². The quantitative estimate of drug-likeness (QED) is 0.806. The van der Waals surface area contributed by atoms with E-state index in [4.69, 9.17) is 23.2 Å². The molecule has 0 fully saturated rings. The molecule has 6 heteroatoms. The Kier molecular flexibility index (Phi) is 7.06. The third-order valence-electron chi connectivity index (χ3n) is 4.37. The first kappa shape index (κ1) is 20.3. The van der Waals surface area contributed by atoms with Crippen molar-refractivity contribution in [2.45, 2.75) is 32.9 Å². The van der Waals surface area contributed by atoms with Crippen LogP contribution in [0.4, 0.5) is 0 Å². The second kappa shape index (κ2) is 9.06. The number of carbonyl (C=O) groups excluding carboxylic acids is 2. The van der Waals surface area contributed by atoms with Crippen LogP contribution in [0.1, 0.15) is 23.6 Å². The zero-order valence-corrected chi connectivity index (χ0v) is 16.6. The minimum absolute atomic E-state index is 0.100. The molecule has 0 aromatic heterocycles. The van der Waals surface area contributed by atoms with Gasteiger partial charge in [0.05, 0.1) is 6.42 Å². The number of rotatable bonds is 6. The number of amides is 2. The summed E-state index contributed by atoms with van der Waals surface area (Å²) in [5.41, 5.74) is 2.75. The molecule has 0 aliphatic carbocycles. The van der Waals surface area contributed by atoms with Crippen molar-refractivity contribution in [2.24, 2.45) is 0 Å². The molecule has 0 spiro atoms. The van der Waals surface area contributed by atoms with E-state index >= 15 is 0 Å². The molecule has 0 saturated heterocycles. The highest BCUT2D eigenvalue weighted by molar-refractivity contribution is 6.35. The maximum atomic E-state index is 13.0. The van der Waals surface area contributed by atoms with E-state index in [1.54, 1.807) is 37.1 Å². The molecule has 1 N–H and O–H groups in total. The molecule has 0 saturated carbocycles. The lowest BCUT2D eigenvalue weighted by atomic mass is 10.1. The number of aryl methyl sites for hydroxylation is 1. The minimum atomic E-state index is -0.599. The molecule has 1 atom stereocenters. The lowest BCUT2D eigenvalue weighted by Crippen LogP contribution is -2.47. The summed E-state index contributed by atoms with van der Waals surface area (Å²) in [7, 11) is 1.56. The number of halogens is 2. The van der Waals surface area contributed by atoms with Crippen molar-refractivity contribution in [2.75, 3.05) is 7.05 Å². The van der Waals surface area contributed by atoms with E-state index in [-0.39, 0.29) is 18.2 Å². The second-order valence-electron chi connectivity index (χ2n) is 6.15. The van der Waals surface area contributed by atoms with E-state index in [9.17, 15) is 9.59 Å². The van der Waals surface area contributed by atoms with Crippen molar-refractivity contribution in [1.29, 1.82) is 0 Å². The van der Waals surface area contributed by atoms with Gasteiger partial charge in [-0.05, 0) is 42.7 Å². The number of likely N-dealkylation sites (N-methyl/N-ethyl adjacent to an activating group) is 1. The monoisotopic (exact) mass is 392 g/mol. The van der Waals surface area contributed by atoms with Crippen LogP contribution in [-0.2, 0) is 22.6 Å². The molecule has 2 amide bonds. The molecule has 2 aromatic carbocycles. The fourth-order valence-corrected chi connectivity index (χ4v) is 3.17. The summed E-state index contributed by atoms with van der Waals surface area (Å²) >= 11 is 12.1. The molecule has 26 heavy (non-hydrogen) atoms. The topological polar surface area (TPSA) is 49.4 Å². The van der Waals surface area contributed by atoms with E-state index < -0.39 is 6.04 Å². The lowest BCUT2D eigenvalue weighted by Gasteiger charge is -2.29. The van der Waals surface area contributed by atoms with Gasteiger partial charge in [0, 0.05) is 23.6 Å². The van der Waals surface area contributed by atoms with Gasteiger partial charge in [-0.25, -0.2) is 0 Å². The van der Waals surface area contributed by atoms with Crippen LogP contribution in [0, 0.1) is 6.92 Å². The summed E-state index contributed by atoms with van der Waals surface area (Å²) in [6.45, 7) is 4.06. The van der Waals surface area contributed by atoms with Crippen LogP contribution in [0.3, 0.4) is 0 Å². The normalized spacial score (nSPS) is 11.7. The first-order chi connectivity index (χ1) is 12.3. The number of benzene rings is 2. The third-order valence-corrected chi connectivity index (χ3v) is 4.96. The number of hydrogen-bond donors (Lipinski definition) is 1. The van der Waals surface area contributed by atoms with Gasteiger partial charge in [-0.1, -0.05) is 53.5 Å². The van der Waals surface area contributed by atoms with E-state index in [0.29, 0.717) is 22.2 Å². The van der Waals surface area contributed by atoms with Gasteiger partial charge < -0.3 is 10.2 Å². The van der Waals surface area contributed by atoms with E-state index in [1.807, 2.05) is 31.2 Å². The number of nitrogens with one attached hydrogen (secondary N) is 1. The summed E-state index contributed by atoms with van der Waals surface area (Å²) in [5.74, 6) is -0.386. The molecule has 0 aliphatic rings. The molecule has 0 bridgehead atoms. The van der Waals surface area contributed by atoms with Crippen molar-refractivity contribution in [1.82, 2.24) is 10.2 Å². The molecule has 0 heterocycles. The van der Waals surface area contributed by atoms with Crippen LogP contribution >= 0.6 is 23.2 Å². The smallest absolute Gasteiger partial charge is 0.242 e. The Bertz CT molecular complexity index is 808. The summed E-state index contributed by atoms with van der Waals surface area (Å²) < 4.78 is 0. The highest BCUT2D eigenvalue weighted by Crippen LogP contribution is 2.23. The van der Waals surface area contributed by atoms with Crippen molar-refractivity contribution in [3.05, 3.63) is 69.2 Å². The Balaban J connectivity index is 2.28. The third kappa shape index (κ3) is 4.99. The Morgan fingerprint density at radius 3 is 2.42 bits per heavy atom. The molecular weight excluding hydrogens is 371 g/mol. The molecule has 0 radical (unpaired) electrons. The Labute approximate surface area is 164 Å². The average Bonchev–Trinajstić information content (AvgIpc) is 2.62. The van der Waals surface area contributed by atoms with E-state index in [1.165, 1.54) is 0 Å².